The van der Waals surface area contributed by atoms with Gasteiger partial charge in [0.15, 0.2) is 0 Å². The molecule has 0 aromatic rings. The summed E-state index contributed by atoms with van der Waals surface area (Å²) in [7, 11) is 1.80. The number of methoxy groups -OCH3 is 1. The second-order valence-electron chi connectivity index (χ2n) is 5.85. The monoisotopic (exact) mass is 227 g/mol. The summed E-state index contributed by atoms with van der Waals surface area (Å²) in [4.78, 5) is 0. The molecule has 0 heterocycles. The predicted octanol–water partition coefficient (Wildman–Crippen LogP) is 3.36. The quantitative estimate of drug-likeness (QED) is 0.751. The highest BCUT2D eigenvalue weighted by Crippen LogP contribution is 2.26. The van der Waals surface area contributed by atoms with Crippen LogP contribution in [0.4, 0.5) is 0 Å². The van der Waals surface area contributed by atoms with Gasteiger partial charge in [0.1, 0.15) is 0 Å². The molecule has 96 valence electrons. The standard InChI is InChI=1S/C14H29NO/c1-12(13-8-6-5-7-9-13)15-11-10-14(2,3)16-4/h12-13,15H,5-11H2,1-4H3/t12-/m1/s1. The highest BCUT2D eigenvalue weighted by Gasteiger charge is 2.21. The van der Waals surface area contributed by atoms with E-state index in [1.807, 2.05) is 0 Å². The lowest BCUT2D eigenvalue weighted by Gasteiger charge is -2.30. The van der Waals surface area contributed by atoms with E-state index in [0.717, 1.165) is 18.9 Å². The molecule has 0 saturated heterocycles. The number of ether oxygens (including phenoxy) is 1. The van der Waals surface area contributed by atoms with Crippen LogP contribution in [0.3, 0.4) is 0 Å². The third-order valence-corrected chi connectivity index (χ3v) is 4.10. The van der Waals surface area contributed by atoms with Crippen molar-refractivity contribution in [2.24, 2.45) is 5.92 Å². The average molecular weight is 227 g/mol. The Bertz CT molecular complexity index is 185. The maximum Gasteiger partial charge on any atom is 0.0634 e. The molecule has 2 nitrogen and oxygen atoms in total. The predicted molar refractivity (Wildman–Crippen MR) is 69.7 cm³/mol. The van der Waals surface area contributed by atoms with Gasteiger partial charge in [-0.15, -0.1) is 0 Å². The van der Waals surface area contributed by atoms with E-state index in [-0.39, 0.29) is 5.60 Å². The van der Waals surface area contributed by atoms with Crippen LogP contribution in [0.2, 0.25) is 0 Å². The van der Waals surface area contributed by atoms with Crippen molar-refractivity contribution in [2.75, 3.05) is 13.7 Å². The van der Waals surface area contributed by atoms with Gasteiger partial charge in [-0.1, -0.05) is 19.3 Å². The van der Waals surface area contributed by atoms with E-state index in [1.165, 1.54) is 32.1 Å². The van der Waals surface area contributed by atoms with E-state index >= 15 is 0 Å². The number of rotatable bonds is 6. The van der Waals surface area contributed by atoms with Gasteiger partial charge >= 0.3 is 0 Å². The molecule has 2 heteroatoms. The maximum absolute atomic E-state index is 5.42. The molecule has 0 aliphatic heterocycles. The molecule has 16 heavy (non-hydrogen) atoms. The third kappa shape index (κ3) is 4.84. The molecule has 1 N–H and O–H groups in total. The molecule has 1 rings (SSSR count). The van der Waals surface area contributed by atoms with Crippen LogP contribution in [0.5, 0.6) is 0 Å². The Morgan fingerprint density at radius 1 is 1.25 bits per heavy atom. The molecule has 0 radical (unpaired) electrons. The molecule has 1 saturated carbocycles. The summed E-state index contributed by atoms with van der Waals surface area (Å²) in [6.07, 6.45) is 8.23. The summed E-state index contributed by atoms with van der Waals surface area (Å²) < 4.78 is 5.42. The van der Waals surface area contributed by atoms with Crippen molar-refractivity contribution in [1.29, 1.82) is 0 Å². The molecule has 0 unspecified atom stereocenters. The Labute approximate surface area is 101 Å². The number of hydrogen-bond acceptors (Lipinski definition) is 2. The van der Waals surface area contributed by atoms with Crippen LogP contribution >= 0.6 is 0 Å². The lowest BCUT2D eigenvalue weighted by atomic mass is 9.84. The first-order valence-electron chi connectivity index (χ1n) is 6.84. The van der Waals surface area contributed by atoms with Crippen LogP contribution < -0.4 is 5.32 Å². The van der Waals surface area contributed by atoms with Crippen molar-refractivity contribution in [1.82, 2.24) is 5.32 Å². The fraction of sp³-hybridized carbons (Fsp3) is 1.00. The largest absolute Gasteiger partial charge is 0.379 e. The molecule has 1 atom stereocenters. The van der Waals surface area contributed by atoms with Crippen molar-refractivity contribution in [3.63, 3.8) is 0 Å². The molecule has 0 bridgehead atoms. The van der Waals surface area contributed by atoms with Crippen molar-refractivity contribution >= 4 is 0 Å². The van der Waals surface area contributed by atoms with Crippen LogP contribution in [0.15, 0.2) is 0 Å². The number of hydrogen-bond donors (Lipinski definition) is 1. The molecule has 1 fully saturated rings. The van der Waals surface area contributed by atoms with Gasteiger partial charge in [-0.3, -0.25) is 0 Å². The van der Waals surface area contributed by atoms with Gasteiger partial charge in [-0.05, 0) is 52.5 Å². The smallest absolute Gasteiger partial charge is 0.0634 e. The topological polar surface area (TPSA) is 21.3 Å². The van der Waals surface area contributed by atoms with Crippen molar-refractivity contribution in [3.05, 3.63) is 0 Å². The van der Waals surface area contributed by atoms with Crippen molar-refractivity contribution < 1.29 is 4.74 Å². The van der Waals surface area contributed by atoms with Crippen LogP contribution in [0.25, 0.3) is 0 Å². The first-order chi connectivity index (χ1) is 7.55. The Balaban J connectivity index is 2.16. The van der Waals surface area contributed by atoms with Crippen LogP contribution in [0, 0.1) is 5.92 Å². The lowest BCUT2D eigenvalue weighted by molar-refractivity contribution is 0.0149. The Hall–Kier alpha value is -0.0800. The van der Waals surface area contributed by atoms with Gasteiger partial charge in [0.25, 0.3) is 0 Å². The highest BCUT2D eigenvalue weighted by molar-refractivity contribution is 4.77. The van der Waals surface area contributed by atoms with Crippen LogP contribution in [-0.4, -0.2) is 25.3 Å². The minimum absolute atomic E-state index is 0.0132. The average Bonchev–Trinajstić information content (AvgIpc) is 2.30. The van der Waals surface area contributed by atoms with Gasteiger partial charge in [0.2, 0.25) is 0 Å². The summed E-state index contributed by atoms with van der Waals surface area (Å²) in [5, 5.41) is 3.66. The summed E-state index contributed by atoms with van der Waals surface area (Å²) in [5.41, 5.74) is 0.0132. The summed E-state index contributed by atoms with van der Waals surface area (Å²) in [5.74, 6) is 0.902. The zero-order valence-corrected chi connectivity index (χ0v) is 11.5. The second kappa shape index (κ2) is 6.61. The molecule has 0 amide bonds. The minimum Gasteiger partial charge on any atom is -0.379 e. The van der Waals surface area contributed by atoms with E-state index in [0.29, 0.717) is 6.04 Å². The Morgan fingerprint density at radius 2 is 1.88 bits per heavy atom. The molecule has 1 aliphatic carbocycles. The minimum atomic E-state index is 0.0132. The van der Waals surface area contributed by atoms with E-state index in [4.69, 9.17) is 4.74 Å². The van der Waals surface area contributed by atoms with Gasteiger partial charge < -0.3 is 10.1 Å². The maximum atomic E-state index is 5.42. The SMILES string of the molecule is COC(C)(C)CCN[C@H](C)C1CCCCC1. The molecular formula is C14H29NO. The zero-order valence-electron chi connectivity index (χ0n) is 11.5. The lowest BCUT2D eigenvalue weighted by Crippen LogP contribution is -2.38. The first-order valence-corrected chi connectivity index (χ1v) is 6.84. The van der Waals surface area contributed by atoms with E-state index in [1.54, 1.807) is 7.11 Å². The zero-order chi connectivity index (χ0) is 12.0. The van der Waals surface area contributed by atoms with Gasteiger partial charge in [0.05, 0.1) is 5.60 Å². The van der Waals surface area contributed by atoms with Crippen molar-refractivity contribution in [3.8, 4) is 0 Å². The molecular weight excluding hydrogens is 198 g/mol. The fourth-order valence-corrected chi connectivity index (χ4v) is 2.50. The van der Waals surface area contributed by atoms with Gasteiger partial charge in [-0.25, -0.2) is 0 Å². The van der Waals surface area contributed by atoms with E-state index in [9.17, 15) is 0 Å². The molecule has 0 spiro atoms. The Kier molecular flexibility index (Phi) is 5.77. The van der Waals surface area contributed by atoms with Gasteiger partial charge in [0, 0.05) is 13.2 Å². The molecule has 0 aromatic heterocycles. The summed E-state index contributed by atoms with van der Waals surface area (Å²) in [6.45, 7) is 7.72. The molecule has 1 aliphatic rings. The normalized spacial score (nSPS) is 21.0. The first kappa shape index (κ1) is 14.0. The van der Waals surface area contributed by atoms with E-state index in [2.05, 4.69) is 26.1 Å². The van der Waals surface area contributed by atoms with Gasteiger partial charge in [-0.2, -0.15) is 0 Å². The van der Waals surface area contributed by atoms with Crippen LogP contribution in [-0.2, 0) is 4.74 Å². The Morgan fingerprint density at radius 3 is 2.44 bits per heavy atom. The highest BCUT2D eigenvalue weighted by atomic mass is 16.5. The number of nitrogens with one attached hydrogen (secondary N) is 1. The summed E-state index contributed by atoms with van der Waals surface area (Å²) >= 11 is 0. The van der Waals surface area contributed by atoms with E-state index < -0.39 is 0 Å². The third-order valence-electron chi connectivity index (χ3n) is 4.10. The molecule has 0 aromatic carbocycles. The van der Waals surface area contributed by atoms with Crippen molar-refractivity contribution in [2.45, 2.75) is 70.9 Å². The summed E-state index contributed by atoms with van der Waals surface area (Å²) in [6, 6.07) is 0.674. The fourth-order valence-electron chi connectivity index (χ4n) is 2.50. The van der Waals surface area contributed by atoms with Crippen LogP contribution in [0.1, 0.15) is 59.3 Å². The second-order valence-corrected chi connectivity index (χ2v) is 5.85.